The zero-order chi connectivity index (χ0) is 19.3. The number of carbonyl (C=O) groups is 1. The first-order chi connectivity index (χ1) is 13.7. The van der Waals surface area contributed by atoms with Gasteiger partial charge in [0.05, 0.1) is 5.92 Å². The predicted molar refractivity (Wildman–Crippen MR) is 108 cm³/mol. The highest BCUT2D eigenvalue weighted by Gasteiger charge is 2.22. The van der Waals surface area contributed by atoms with Gasteiger partial charge in [0.15, 0.2) is 11.5 Å². The lowest BCUT2D eigenvalue weighted by atomic mass is 9.91. The molecular weight excluding hydrogens is 376 g/mol. The van der Waals surface area contributed by atoms with Crippen molar-refractivity contribution >= 4 is 23.2 Å². The molecule has 4 rings (SSSR count). The summed E-state index contributed by atoms with van der Waals surface area (Å²) in [6.07, 6.45) is 4.03. The SMILES string of the molecule is O=C(Nc1ccc2c(c1)OCCO2)C(Cc1cccnc1)c1ccc(Cl)cc1. The Morgan fingerprint density at radius 2 is 1.86 bits per heavy atom. The first-order valence-electron chi connectivity index (χ1n) is 9.04. The Morgan fingerprint density at radius 3 is 2.61 bits per heavy atom. The maximum atomic E-state index is 13.1. The van der Waals surface area contributed by atoms with E-state index in [0.717, 1.165) is 11.1 Å². The molecule has 1 aromatic heterocycles. The Hall–Kier alpha value is -3.05. The number of fused-ring (bicyclic) bond motifs is 1. The molecule has 28 heavy (non-hydrogen) atoms. The Labute approximate surface area is 168 Å². The molecule has 142 valence electrons. The van der Waals surface area contributed by atoms with Crippen molar-refractivity contribution in [3.63, 3.8) is 0 Å². The lowest BCUT2D eigenvalue weighted by Gasteiger charge is -2.20. The molecule has 0 spiro atoms. The Kier molecular flexibility index (Phi) is 5.44. The standard InChI is InChI=1S/C22H19ClN2O3/c23-17-5-3-16(4-6-17)19(12-15-2-1-9-24-14-15)22(26)25-18-7-8-20-21(13-18)28-11-10-27-20/h1-9,13-14,19H,10-12H2,(H,25,26). The minimum atomic E-state index is -0.380. The van der Waals surface area contributed by atoms with Crippen LogP contribution in [-0.2, 0) is 11.2 Å². The number of anilines is 1. The number of ether oxygens (including phenoxy) is 2. The van der Waals surface area contributed by atoms with E-state index in [1.807, 2.05) is 36.4 Å². The zero-order valence-electron chi connectivity index (χ0n) is 15.1. The molecule has 0 saturated heterocycles. The Balaban J connectivity index is 1.58. The summed E-state index contributed by atoms with van der Waals surface area (Å²) >= 11 is 6.02. The molecule has 1 aliphatic rings. The van der Waals surface area contributed by atoms with Crippen LogP contribution >= 0.6 is 11.6 Å². The van der Waals surface area contributed by atoms with Gasteiger partial charge in [-0.3, -0.25) is 9.78 Å². The number of amides is 1. The van der Waals surface area contributed by atoms with Gasteiger partial charge >= 0.3 is 0 Å². The topological polar surface area (TPSA) is 60.5 Å². The quantitative estimate of drug-likeness (QED) is 0.693. The van der Waals surface area contributed by atoms with Crippen molar-refractivity contribution in [1.82, 2.24) is 4.98 Å². The van der Waals surface area contributed by atoms with E-state index in [2.05, 4.69) is 10.3 Å². The van der Waals surface area contributed by atoms with E-state index in [0.29, 0.717) is 41.8 Å². The maximum Gasteiger partial charge on any atom is 0.232 e. The zero-order valence-corrected chi connectivity index (χ0v) is 15.9. The van der Waals surface area contributed by atoms with E-state index < -0.39 is 0 Å². The van der Waals surface area contributed by atoms with Crippen molar-refractivity contribution in [3.8, 4) is 11.5 Å². The van der Waals surface area contributed by atoms with Crippen LogP contribution in [0, 0.1) is 0 Å². The van der Waals surface area contributed by atoms with Gasteiger partial charge in [0, 0.05) is 29.2 Å². The molecule has 0 fully saturated rings. The minimum absolute atomic E-state index is 0.108. The number of pyridine rings is 1. The number of rotatable bonds is 5. The van der Waals surface area contributed by atoms with Gasteiger partial charge in [-0.2, -0.15) is 0 Å². The van der Waals surface area contributed by atoms with Crippen molar-refractivity contribution < 1.29 is 14.3 Å². The summed E-state index contributed by atoms with van der Waals surface area (Å²) in [7, 11) is 0. The summed E-state index contributed by atoms with van der Waals surface area (Å²) < 4.78 is 11.1. The Morgan fingerprint density at radius 1 is 1.07 bits per heavy atom. The van der Waals surface area contributed by atoms with E-state index >= 15 is 0 Å². The van der Waals surface area contributed by atoms with Crippen molar-refractivity contribution in [2.45, 2.75) is 12.3 Å². The predicted octanol–water partition coefficient (Wildman–Crippen LogP) is 4.47. The fraction of sp³-hybridized carbons (Fsp3) is 0.182. The monoisotopic (exact) mass is 394 g/mol. The van der Waals surface area contributed by atoms with Crippen LogP contribution in [-0.4, -0.2) is 24.1 Å². The van der Waals surface area contributed by atoms with E-state index in [4.69, 9.17) is 21.1 Å². The average molecular weight is 395 g/mol. The average Bonchev–Trinajstić information content (AvgIpc) is 2.73. The molecule has 1 amide bonds. The van der Waals surface area contributed by atoms with Gasteiger partial charge in [0.25, 0.3) is 0 Å². The first-order valence-corrected chi connectivity index (χ1v) is 9.42. The molecule has 2 aromatic carbocycles. The van der Waals surface area contributed by atoms with E-state index in [-0.39, 0.29) is 11.8 Å². The molecule has 3 aromatic rings. The second-order valence-electron chi connectivity index (χ2n) is 6.52. The first kappa shape index (κ1) is 18.3. The lowest BCUT2D eigenvalue weighted by Crippen LogP contribution is -2.23. The van der Waals surface area contributed by atoms with Gasteiger partial charge in [-0.15, -0.1) is 0 Å². The lowest BCUT2D eigenvalue weighted by molar-refractivity contribution is -0.117. The molecule has 2 heterocycles. The highest BCUT2D eigenvalue weighted by atomic mass is 35.5. The third-order valence-electron chi connectivity index (χ3n) is 4.56. The van der Waals surface area contributed by atoms with Crippen LogP contribution in [0.5, 0.6) is 11.5 Å². The summed E-state index contributed by atoms with van der Waals surface area (Å²) in [5.41, 5.74) is 2.54. The number of hydrogen-bond acceptors (Lipinski definition) is 4. The van der Waals surface area contributed by atoms with E-state index in [1.165, 1.54) is 0 Å². The molecule has 1 N–H and O–H groups in total. The molecule has 6 heteroatoms. The van der Waals surface area contributed by atoms with Crippen LogP contribution in [0.25, 0.3) is 0 Å². The van der Waals surface area contributed by atoms with Gasteiger partial charge in [0.1, 0.15) is 13.2 Å². The molecule has 1 aliphatic heterocycles. The van der Waals surface area contributed by atoms with Crippen LogP contribution in [0.15, 0.2) is 67.0 Å². The normalized spacial score (nSPS) is 13.6. The summed E-state index contributed by atoms with van der Waals surface area (Å²) in [5, 5.41) is 3.63. The second kappa shape index (κ2) is 8.31. The molecule has 1 unspecified atom stereocenters. The third kappa shape index (κ3) is 4.26. The number of carbonyl (C=O) groups excluding carboxylic acids is 1. The number of nitrogens with one attached hydrogen (secondary N) is 1. The summed E-state index contributed by atoms with van der Waals surface area (Å²) in [6.45, 7) is 1.03. The number of nitrogens with zero attached hydrogens (tertiary/aromatic N) is 1. The van der Waals surface area contributed by atoms with E-state index in [9.17, 15) is 4.79 Å². The van der Waals surface area contributed by atoms with E-state index in [1.54, 1.807) is 30.6 Å². The highest BCUT2D eigenvalue weighted by Crippen LogP contribution is 2.33. The van der Waals surface area contributed by atoms with Crippen LogP contribution < -0.4 is 14.8 Å². The number of halogens is 1. The van der Waals surface area contributed by atoms with Crippen LogP contribution in [0.1, 0.15) is 17.0 Å². The fourth-order valence-corrected chi connectivity index (χ4v) is 3.29. The van der Waals surface area contributed by atoms with Gasteiger partial charge in [0.2, 0.25) is 5.91 Å². The third-order valence-corrected chi connectivity index (χ3v) is 4.81. The molecular formula is C22H19ClN2O3. The molecule has 1 atom stereocenters. The molecule has 0 bridgehead atoms. The molecule has 5 nitrogen and oxygen atoms in total. The second-order valence-corrected chi connectivity index (χ2v) is 6.95. The summed E-state index contributed by atoms with van der Waals surface area (Å²) in [4.78, 5) is 17.3. The van der Waals surface area contributed by atoms with Gasteiger partial charge < -0.3 is 14.8 Å². The fourth-order valence-electron chi connectivity index (χ4n) is 3.16. The number of aromatic nitrogens is 1. The van der Waals surface area contributed by atoms with Crippen LogP contribution in [0.4, 0.5) is 5.69 Å². The summed E-state index contributed by atoms with van der Waals surface area (Å²) in [5.74, 6) is 0.839. The van der Waals surface area contributed by atoms with Crippen molar-refractivity contribution in [2.24, 2.45) is 0 Å². The minimum Gasteiger partial charge on any atom is -0.486 e. The van der Waals surface area contributed by atoms with Crippen molar-refractivity contribution in [3.05, 3.63) is 83.1 Å². The van der Waals surface area contributed by atoms with Gasteiger partial charge in [-0.1, -0.05) is 29.8 Å². The summed E-state index contributed by atoms with van der Waals surface area (Å²) in [6, 6.07) is 16.6. The number of benzene rings is 2. The van der Waals surface area contributed by atoms with Crippen LogP contribution in [0.2, 0.25) is 5.02 Å². The molecule has 0 saturated carbocycles. The van der Waals surface area contributed by atoms with Gasteiger partial charge in [-0.05, 0) is 47.9 Å². The van der Waals surface area contributed by atoms with Crippen molar-refractivity contribution in [1.29, 1.82) is 0 Å². The van der Waals surface area contributed by atoms with Crippen molar-refractivity contribution in [2.75, 3.05) is 18.5 Å². The van der Waals surface area contributed by atoms with Gasteiger partial charge in [-0.25, -0.2) is 0 Å². The van der Waals surface area contributed by atoms with Crippen LogP contribution in [0.3, 0.4) is 0 Å². The number of hydrogen-bond donors (Lipinski definition) is 1. The Bertz CT molecular complexity index is 961. The molecule has 0 aliphatic carbocycles. The maximum absolute atomic E-state index is 13.1. The highest BCUT2D eigenvalue weighted by molar-refractivity contribution is 6.30. The molecule has 0 radical (unpaired) electrons. The largest absolute Gasteiger partial charge is 0.486 e. The smallest absolute Gasteiger partial charge is 0.232 e.